The Balaban J connectivity index is 2.40. The van der Waals surface area contributed by atoms with Gasteiger partial charge >= 0.3 is 0 Å². The largest absolute Gasteiger partial charge is 0.438 e. The van der Waals surface area contributed by atoms with E-state index in [0.717, 1.165) is 22.4 Å². The fourth-order valence-corrected chi connectivity index (χ4v) is 2.20. The molecule has 2 aromatic rings. The first-order valence-electron chi connectivity index (χ1n) is 5.41. The molecule has 0 saturated heterocycles. The van der Waals surface area contributed by atoms with Crippen LogP contribution in [-0.4, -0.2) is 9.97 Å². The number of aryl methyl sites for hydroxylation is 2. The Morgan fingerprint density at radius 3 is 2.50 bits per heavy atom. The van der Waals surface area contributed by atoms with Crippen molar-refractivity contribution in [3.05, 3.63) is 46.4 Å². The summed E-state index contributed by atoms with van der Waals surface area (Å²) in [4.78, 5) is 8.02. The van der Waals surface area contributed by atoms with E-state index in [9.17, 15) is 0 Å². The number of hydrogen-bond donors (Lipinski definition) is 0. The fourth-order valence-electron chi connectivity index (χ4n) is 1.69. The fraction of sp³-hybridized carbons (Fsp3) is 0.231. The number of benzene rings is 1. The Kier molecular flexibility index (Phi) is 4.04. The lowest BCUT2D eigenvalue weighted by Crippen LogP contribution is -1.97. The molecular formula is C13H12Cl2N2O. The van der Waals surface area contributed by atoms with Crippen LogP contribution in [0.4, 0.5) is 0 Å². The van der Waals surface area contributed by atoms with E-state index in [4.69, 9.17) is 27.9 Å². The average molecular weight is 283 g/mol. The number of ether oxygens (including phenoxy) is 1. The standard InChI is InChI=1S/C13H12Cl2N2O/c1-8-3-11(15)4-9(2)12(8)18-13-10(5-14)6-16-7-17-13/h3-4,6-7H,5H2,1-2H3. The van der Waals surface area contributed by atoms with Crippen LogP contribution in [-0.2, 0) is 5.88 Å². The van der Waals surface area contributed by atoms with E-state index in [1.54, 1.807) is 6.20 Å². The second kappa shape index (κ2) is 5.55. The summed E-state index contributed by atoms with van der Waals surface area (Å²) >= 11 is 11.8. The molecule has 0 aliphatic rings. The van der Waals surface area contributed by atoms with Crippen molar-refractivity contribution < 1.29 is 4.74 Å². The van der Waals surface area contributed by atoms with E-state index < -0.39 is 0 Å². The molecule has 1 aromatic carbocycles. The van der Waals surface area contributed by atoms with Gasteiger partial charge in [0.25, 0.3) is 0 Å². The van der Waals surface area contributed by atoms with Gasteiger partial charge in [-0.15, -0.1) is 11.6 Å². The molecule has 3 nitrogen and oxygen atoms in total. The highest BCUT2D eigenvalue weighted by Gasteiger charge is 2.11. The normalized spacial score (nSPS) is 10.4. The van der Waals surface area contributed by atoms with Crippen LogP contribution in [0.1, 0.15) is 16.7 Å². The maximum atomic E-state index is 5.98. The number of hydrogen-bond acceptors (Lipinski definition) is 3. The molecular weight excluding hydrogens is 271 g/mol. The molecule has 2 rings (SSSR count). The smallest absolute Gasteiger partial charge is 0.226 e. The molecule has 0 amide bonds. The van der Waals surface area contributed by atoms with Gasteiger partial charge in [0.1, 0.15) is 12.1 Å². The first-order chi connectivity index (χ1) is 8.61. The summed E-state index contributed by atoms with van der Waals surface area (Å²) in [6.07, 6.45) is 3.09. The van der Waals surface area contributed by atoms with Crippen LogP contribution in [0, 0.1) is 13.8 Å². The van der Waals surface area contributed by atoms with E-state index in [1.165, 1.54) is 6.33 Å². The molecule has 0 N–H and O–H groups in total. The molecule has 0 radical (unpaired) electrons. The van der Waals surface area contributed by atoms with Gasteiger partial charge in [-0.1, -0.05) is 11.6 Å². The Labute approximate surface area is 116 Å². The molecule has 0 fully saturated rings. The summed E-state index contributed by atoms with van der Waals surface area (Å²) in [5.41, 5.74) is 2.67. The summed E-state index contributed by atoms with van der Waals surface area (Å²) in [7, 11) is 0. The molecule has 0 aliphatic carbocycles. The lowest BCUT2D eigenvalue weighted by Gasteiger charge is -2.13. The predicted octanol–water partition coefficient (Wildman–Crippen LogP) is 4.28. The monoisotopic (exact) mass is 282 g/mol. The maximum Gasteiger partial charge on any atom is 0.226 e. The zero-order chi connectivity index (χ0) is 13.1. The van der Waals surface area contributed by atoms with Gasteiger partial charge in [0.15, 0.2) is 0 Å². The van der Waals surface area contributed by atoms with Crippen molar-refractivity contribution in [1.82, 2.24) is 9.97 Å². The van der Waals surface area contributed by atoms with Crippen molar-refractivity contribution in [1.29, 1.82) is 0 Å². The topological polar surface area (TPSA) is 35.0 Å². The van der Waals surface area contributed by atoms with Crippen LogP contribution < -0.4 is 4.74 Å². The van der Waals surface area contributed by atoms with Gasteiger partial charge in [0, 0.05) is 16.8 Å². The quantitative estimate of drug-likeness (QED) is 0.789. The minimum Gasteiger partial charge on any atom is -0.438 e. The van der Waals surface area contributed by atoms with Gasteiger partial charge in [-0.05, 0) is 37.1 Å². The van der Waals surface area contributed by atoms with E-state index >= 15 is 0 Å². The third-order valence-corrected chi connectivity index (χ3v) is 3.02. The van der Waals surface area contributed by atoms with Gasteiger partial charge in [0.2, 0.25) is 5.88 Å². The van der Waals surface area contributed by atoms with Gasteiger partial charge in [0.05, 0.1) is 5.88 Å². The summed E-state index contributed by atoms with van der Waals surface area (Å²) in [6.45, 7) is 3.88. The van der Waals surface area contributed by atoms with Gasteiger partial charge < -0.3 is 4.74 Å². The van der Waals surface area contributed by atoms with Crippen LogP contribution >= 0.6 is 23.2 Å². The highest BCUT2D eigenvalue weighted by molar-refractivity contribution is 6.30. The van der Waals surface area contributed by atoms with E-state index in [-0.39, 0.29) is 0 Å². The second-order valence-corrected chi connectivity index (χ2v) is 4.66. The molecule has 94 valence electrons. The van der Waals surface area contributed by atoms with E-state index in [1.807, 2.05) is 26.0 Å². The summed E-state index contributed by atoms with van der Waals surface area (Å²) in [5, 5.41) is 0.692. The summed E-state index contributed by atoms with van der Waals surface area (Å²) < 4.78 is 5.82. The van der Waals surface area contributed by atoms with Crippen LogP contribution in [0.3, 0.4) is 0 Å². The third kappa shape index (κ3) is 2.74. The van der Waals surface area contributed by atoms with Crippen LogP contribution in [0.2, 0.25) is 5.02 Å². The Hall–Kier alpha value is -1.32. The highest BCUT2D eigenvalue weighted by Crippen LogP contribution is 2.31. The summed E-state index contributed by atoms with van der Waals surface area (Å²) in [6, 6.07) is 3.71. The number of aromatic nitrogens is 2. The van der Waals surface area contributed by atoms with Crippen molar-refractivity contribution >= 4 is 23.2 Å². The van der Waals surface area contributed by atoms with E-state index in [0.29, 0.717) is 16.8 Å². The first kappa shape index (κ1) is 13.1. The minimum atomic E-state index is 0.307. The van der Waals surface area contributed by atoms with E-state index in [2.05, 4.69) is 9.97 Å². The predicted molar refractivity (Wildman–Crippen MR) is 72.6 cm³/mol. The van der Waals surface area contributed by atoms with Gasteiger partial charge in [-0.2, -0.15) is 0 Å². The Morgan fingerprint density at radius 1 is 1.22 bits per heavy atom. The molecule has 1 heterocycles. The first-order valence-corrected chi connectivity index (χ1v) is 6.32. The lowest BCUT2D eigenvalue weighted by atomic mass is 10.1. The number of alkyl halides is 1. The maximum absolute atomic E-state index is 5.98. The van der Waals surface area contributed by atoms with Crippen LogP contribution in [0.5, 0.6) is 11.6 Å². The van der Waals surface area contributed by atoms with Crippen molar-refractivity contribution in [2.75, 3.05) is 0 Å². The average Bonchev–Trinajstić information content (AvgIpc) is 2.34. The Bertz CT molecular complexity index is 550. The minimum absolute atomic E-state index is 0.307. The third-order valence-electron chi connectivity index (χ3n) is 2.51. The number of halogens is 2. The van der Waals surface area contributed by atoms with Gasteiger partial charge in [-0.3, -0.25) is 0 Å². The van der Waals surface area contributed by atoms with Crippen molar-refractivity contribution in [2.45, 2.75) is 19.7 Å². The van der Waals surface area contributed by atoms with Gasteiger partial charge in [-0.25, -0.2) is 9.97 Å². The zero-order valence-electron chi connectivity index (χ0n) is 10.1. The molecule has 0 atom stereocenters. The molecule has 5 heteroatoms. The molecule has 0 unspecified atom stereocenters. The second-order valence-electron chi connectivity index (χ2n) is 3.96. The van der Waals surface area contributed by atoms with Crippen molar-refractivity contribution in [3.8, 4) is 11.6 Å². The zero-order valence-corrected chi connectivity index (χ0v) is 11.6. The molecule has 18 heavy (non-hydrogen) atoms. The summed E-state index contributed by atoms with van der Waals surface area (Å²) in [5.74, 6) is 1.54. The molecule has 0 bridgehead atoms. The van der Waals surface area contributed by atoms with Crippen molar-refractivity contribution in [3.63, 3.8) is 0 Å². The molecule has 0 spiro atoms. The number of rotatable bonds is 3. The Morgan fingerprint density at radius 2 is 1.89 bits per heavy atom. The molecule has 0 aliphatic heterocycles. The lowest BCUT2D eigenvalue weighted by molar-refractivity contribution is 0.450. The highest BCUT2D eigenvalue weighted by atomic mass is 35.5. The molecule has 1 aromatic heterocycles. The SMILES string of the molecule is Cc1cc(Cl)cc(C)c1Oc1ncncc1CCl. The van der Waals surface area contributed by atoms with Crippen molar-refractivity contribution in [2.24, 2.45) is 0 Å². The number of nitrogens with zero attached hydrogens (tertiary/aromatic N) is 2. The molecule has 0 saturated carbocycles. The van der Waals surface area contributed by atoms with Crippen LogP contribution in [0.15, 0.2) is 24.7 Å². The van der Waals surface area contributed by atoms with Crippen LogP contribution in [0.25, 0.3) is 0 Å².